The minimum absolute atomic E-state index is 0.613. The Bertz CT molecular complexity index is 607. The largest absolute Gasteiger partial charge is 0.316 e. The molecular formula is C17H23N3. The average Bonchev–Trinajstić information content (AvgIpc) is 2.75. The van der Waals surface area contributed by atoms with Crippen LogP contribution in [0.25, 0.3) is 5.69 Å². The second-order valence-corrected chi connectivity index (χ2v) is 5.88. The molecule has 1 aromatic carbocycles. The molecule has 1 N–H and O–H groups in total. The molecule has 0 radical (unpaired) electrons. The van der Waals surface area contributed by atoms with Gasteiger partial charge in [-0.25, -0.2) is 4.68 Å². The molecule has 1 fully saturated rings. The highest BCUT2D eigenvalue weighted by atomic mass is 15.3. The van der Waals surface area contributed by atoms with E-state index in [1.165, 1.54) is 41.0 Å². The normalized spacial score (nSPS) is 19.2. The number of nitrogens with zero attached hydrogens (tertiary/aromatic N) is 2. The smallest absolute Gasteiger partial charge is 0.0651 e. The fourth-order valence-corrected chi connectivity index (χ4v) is 3.35. The van der Waals surface area contributed by atoms with Gasteiger partial charge >= 0.3 is 0 Å². The van der Waals surface area contributed by atoms with Crippen LogP contribution in [0.15, 0.2) is 24.3 Å². The van der Waals surface area contributed by atoms with Crippen molar-refractivity contribution in [1.82, 2.24) is 15.1 Å². The van der Waals surface area contributed by atoms with Crippen LogP contribution in [0.5, 0.6) is 0 Å². The summed E-state index contributed by atoms with van der Waals surface area (Å²) in [4.78, 5) is 0. The number of hydrogen-bond donors (Lipinski definition) is 1. The maximum atomic E-state index is 4.79. The van der Waals surface area contributed by atoms with E-state index in [1.54, 1.807) is 0 Å². The Morgan fingerprint density at radius 2 is 2.10 bits per heavy atom. The van der Waals surface area contributed by atoms with Crippen molar-refractivity contribution in [3.63, 3.8) is 0 Å². The molecular weight excluding hydrogens is 246 g/mol. The number of rotatable bonds is 2. The average molecular weight is 269 g/mol. The van der Waals surface area contributed by atoms with E-state index in [-0.39, 0.29) is 0 Å². The van der Waals surface area contributed by atoms with Gasteiger partial charge in [0.25, 0.3) is 0 Å². The van der Waals surface area contributed by atoms with Crippen LogP contribution in [0.1, 0.15) is 41.3 Å². The van der Waals surface area contributed by atoms with Gasteiger partial charge in [0.05, 0.1) is 11.4 Å². The van der Waals surface area contributed by atoms with Crippen molar-refractivity contribution in [2.24, 2.45) is 0 Å². The van der Waals surface area contributed by atoms with Gasteiger partial charge in [-0.2, -0.15) is 5.10 Å². The lowest BCUT2D eigenvalue weighted by Crippen LogP contribution is -2.28. The fourth-order valence-electron chi connectivity index (χ4n) is 3.35. The molecule has 2 aromatic rings. The number of piperidine rings is 1. The topological polar surface area (TPSA) is 29.9 Å². The van der Waals surface area contributed by atoms with Gasteiger partial charge in [0.1, 0.15) is 0 Å². The predicted octanol–water partition coefficient (Wildman–Crippen LogP) is 3.26. The summed E-state index contributed by atoms with van der Waals surface area (Å²) in [7, 11) is 0. The molecule has 20 heavy (non-hydrogen) atoms. The molecule has 0 amide bonds. The predicted molar refractivity (Wildman–Crippen MR) is 82.6 cm³/mol. The minimum atomic E-state index is 0.613. The Morgan fingerprint density at radius 3 is 2.80 bits per heavy atom. The van der Waals surface area contributed by atoms with Gasteiger partial charge < -0.3 is 5.32 Å². The van der Waals surface area contributed by atoms with Gasteiger partial charge in [-0.05, 0) is 57.9 Å². The van der Waals surface area contributed by atoms with Crippen LogP contribution in [0, 0.1) is 20.8 Å². The number of nitrogens with one attached hydrogen (secondary N) is 1. The van der Waals surface area contributed by atoms with Gasteiger partial charge in [-0.1, -0.05) is 12.1 Å². The van der Waals surface area contributed by atoms with E-state index >= 15 is 0 Å². The van der Waals surface area contributed by atoms with Crippen molar-refractivity contribution in [1.29, 1.82) is 0 Å². The maximum Gasteiger partial charge on any atom is 0.0651 e. The molecule has 1 aromatic heterocycles. The number of benzene rings is 1. The van der Waals surface area contributed by atoms with Gasteiger partial charge in [-0.15, -0.1) is 0 Å². The number of aromatic nitrogens is 2. The molecule has 0 bridgehead atoms. The van der Waals surface area contributed by atoms with Crippen LogP contribution in [-0.4, -0.2) is 22.9 Å². The molecule has 1 saturated heterocycles. The van der Waals surface area contributed by atoms with Crippen molar-refractivity contribution in [2.45, 2.75) is 39.5 Å². The van der Waals surface area contributed by atoms with Crippen LogP contribution in [0.3, 0.4) is 0 Å². The highest BCUT2D eigenvalue weighted by Gasteiger charge is 2.23. The van der Waals surface area contributed by atoms with Gasteiger partial charge in [0, 0.05) is 23.7 Å². The van der Waals surface area contributed by atoms with Gasteiger partial charge in [0.15, 0.2) is 0 Å². The first-order valence-corrected chi connectivity index (χ1v) is 7.50. The van der Waals surface area contributed by atoms with E-state index in [1.807, 2.05) is 0 Å². The lowest BCUT2D eigenvalue weighted by atomic mass is 9.90. The summed E-state index contributed by atoms with van der Waals surface area (Å²) < 4.78 is 2.10. The molecule has 106 valence electrons. The third kappa shape index (κ3) is 2.38. The van der Waals surface area contributed by atoms with Crippen LogP contribution in [0.4, 0.5) is 0 Å². The van der Waals surface area contributed by atoms with E-state index in [2.05, 4.69) is 55.0 Å². The quantitative estimate of drug-likeness (QED) is 0.907. The van der Waals surface area contributed by atoms with Crippen LogP contribution < -0.4 is 5.32 Å². The molecule has 0 aliphatic carbocycles. The number of hydrogen-bond acceptors (Lipinski definition) is 2. The Morgan fingerprint density at radius 1 is 1.25 bits per heavy atom. The van der Waals surface area contributed by atoms with Gasteiger partial charge in [-0.3, -0.25) is 0 Å². The van der Waals surface area contributed by atoms with E-state index in [0.29, 0.717) is 5.92 Å². The zero-order valence-electron chi connectivity index (χ0n) is 12.6. The molecule has 2 heterocycles. The Labute approximate surface area is 121 Å². The first-order chi connectivity index (χ1) is 9.66. The molecule has 0 saturated carbocycles. The summed E-state index contributed by atoms with van der Waals surface area (Å²) in [6.07, 6.45) is 2.54. The molecule has 3 heteroatoms. The lowest BCUT2D eigenvalue weighted by Gasteiger charge is -2.23. The third-order valence-corrected chi connectivity index (χ3v) is 4.30. The van der Waals surface area contributed by atoms with Crippen molar-refractivity contribution >= 4 is 0 Å². The van der Waals surface area contributed by atoms with E-state index in [9.17, 15) is 0 Å². The molecule has 0 spiro atoms. The zero-order chi connectivity index (χ0) is 14.1. The van der Waals surface area contributed by atoms with E-state index in [4.69, 9.17) is 5.10 Å². The molecule has 1 aliphatic heterocycles. The maximum absolute atomic E-state index is 4.79. The lowest BCUT2D eigenvalue weighted by molar-refractivity contribution is 0.459. The van der Waals surface area contributed by atoms with E-state index in [0.717, 1.165) is 13.1 Å². The van der Waals surface area contributed by atoms with Crippen molar-refractivity contribution < 1.29 is 0 Å². The van der Waals surface area contributed by atoms with E-state index < -0.39 is 0 Å². The summed E-state index contributed by atoms with van der Waals surface area (Å²) >= 11 is 0. The van der Waals surface area contributed by atoms with Gasteiger partial charge in [0.2, 0.25) is 0 Å². The van der Waals surface area contributed by atoms with Crippen LogP contribution >= 0.6 is 0 Å². The second kappa shape index (κ2) is 5.41. The van der Waals surface area contributed by atoms with Crippen molar-refractivity contribution in [3.8, 4) is 5.69 Å². The SMILES string of the molecule is Cc1cccc(-n2nc(C)c(C3CCCNC3)c2C)c1. The first-order valence-electron chi connectivity index (χ1n) is 7.50. The summed E-state index contributed by atoms with van der Waals surface area (Å²) in [5.41, 5.74) is 6.36. The molecule has 3 nitrogen and oxygen atoms in total. The Balaban J connectivity index is 2.02. The molecule has 1 aliphatic rings. The summed E-state index contributed by atoms with van der Waals surface area (Å²) in [6.45, 7) is 8.71. The second-order valence-electron chi connectivity index (χ2n) is 5.88. The Hall–Kier alpha value is -1.61. The highest BCUT2D eigenvalue weighted by Crippen LogP contribution is 2.30. The van der Waals surface area contributed by atoms with Crippen molar-refractivity contribution in [2.75, 3.05) is 13.1 Å². The fraction of sp³-hybridized carbons (Fsp3) is 0.471. The minimum Gasteiger partial charge on any atom is -0.316 e. The molecule has 1 unspecified atom stereocenters. The van der Waals surface area contributed by atoms with Crippen LogP contribution in [0.2, 0.25) is 0 Å². The summed E-state index contributed by atoms with van der Waals surface area (Å²) in [5, 5.41) is 8.29. The first kappa shape index (κ1) is 13.4. The highest BCUT2D eigenvalue weighted by molar-refractivity contribution is 5.40. The summed E-state index contributed by atoms with van der Waals surface area (Å²) in [6, 6.07) is 8.56. The molecule has 3 rings (SSSR count). The monoisotopic (exact) mass is 269 g/mol. The third-order valence-electron chi connectivity index (χ3n) is 4.30. The number of aryl methyl sites for hydroxylation is 2. The Kier molecular flexibility index (Phi) is 3.62. The zero-order valence-corrected chi connectivity index (χ0v) is 12.6. The summed E-state index contributed by atoms with van der Waals surface area (Å²) in [5.74, 6) is 0.613. The standard InChI is InChI=1S/C17H23N3/c1-12-6-4-8-16(10-12)20-14(3)17(13(2)19-20)15-7-5-9-18-11-15/h4,6,8,10,15,18H,5,7,9,11H2,1-3H3. The molecule has 1 atom stereocenters. The van der Waals surface area contributed by atoms with Crippen molar-refractivity contribution in [3.05, 3.63) is 46.8 Å². The van der Waals surface area contributed by atoms with Crippen LogP contribution in [-0.2, 0) is 0 Å².